The fourth-order valence-electron chi connectivity index (χ4n) is 3.27. The van der Waals surface area contributed by atoms with E-state index in [1.165, 1.54) is 6.20 Å². The first-order chi connectivity index (χ1) is 12.7. The highest BCUT2D eigenvalue weighted by Gasteiger charge is 2.34. The second-order valence-corrected chi connectivity index (χ2v) is 5.18. The molecule has 5 rings (SSSR count). The Morgan fingerprint density at radius 3 is 3.05 bits per heavy atom. The quantitative estimate of drug-likeness (QED) is 0.406. The van der Waals surface area contributed by atoms with Gasteiger partial charge in [-0.25, -0.2) is 9.13 Å². The first-order valence-electron chi connectivity index (χ1n) is 9.56. The monoisotopic (exact) mass is 282 g/mol. The van der Waals surface area contributed by atoms with Crippen molar-refractivity contribution >= 4 is 22.1 Å². The van der Waals surface area contributed by atoms with Crippen LogP contribution in [0.2, 0.25) is 0 Å². The van der Waals surface area contributed by atoms with Crippen LogP contribution in [0.1, 0.15) is 13.8 Å². The van der Waals surface area contributed by atoms with Gasteiger partial charge in [0.05, 0.1) is 39.7 Å². The number of rotatable bonds is 0. The Morgan fingerprint density at radius 2 is 2.14 bits per heavy atom. The average molecular weight is 282 g/mol. The fraction of sp³-hybridized carbons (Fsp3) is 0.188. The van der Waals surface area contributed by atoms with E-state index in [0.717, 1.165) is 20.3 Å². The van der Waals surface area contributed by atoms with Crippen LogP contribution in [0.4, 0.5) is 0 Å². The number of nitrogens with zero attached hydrogens (tertiary/aromatic N) is 5. The van der Waals surface area contributed by atoms with Gasteiger partial charge in [-0.1, -0.05) is 0 Å². The zero-order chi connectivity index (χ0) is 19.1. The van der Waals surface area contributed by atoms with E-state index >= 15 is 0 Å². The summed E-state index contributed by atoms with van der Waals surface area (Å²) >= 11 is 0. The third-order valence-corrected chi connectivity index (χ3v) is 4.14. The molecule has 1 aliphatic rings. The highest BCUT2D eigenvalue weighted by molar-refractivity contribution is 6.04. The second-order valence-electron chi connectivity index (χ2n) is 5.18. The SMILES string of the molecule is [2H]C([2H])([2H])n1c2ccncc2c2c1[n+](C([2H])([2H])[2H])c1n2Cc2cnccc2-1. The Balaban J connectivity index is 2.07. The van der Waals surface area contributed by atoms with Crippen molar-refractivity contribution < 1.29 is 12.8 Å². The van der Waals surface area contributed by atoms with Gasteiger partial charge in [-0.15, -0.1) is 0 Å². The topological polar surface area (TPSA) is 39.5 Å². The number of hydrogen-bond donors (Lipinski definition) is 0. The van der Waals surface area contributed by atoms with E-state index in [-0.39, 0.29) is 5.65 Å². The molecule has 4 aromatic rings. The Kier molecular flexibility index (Phi) is 1.14. The molecule has 0 unspecified atom stereocenters. The number of aryl methyl sites for hydroxylation is 2. The lowest BCUT2D eigenvalue weighted by Gasteiger charge is -1.98. The van der Waals surface area contributed by atoms with Crippen molar-refractivity contribution in [2.24, 2.45) is 14.0 Å². The van der Waals surface area contributed by atoms with Gasteiger partial charge in [-0.05, 0) is 12.1 Å². The van der Waals surface area contributed by atoms with Crippen molar-refractivity contribution in [2.45, 2.75) is 6.54 Å². The van der Waals surface area contributed by atoms with E-state index in [4.69, 9.17) is 8.22 Å². The highest BCUT2D eigenvalue weighted by Crippen LogP contribution is 2.36. The molecule has 1 aliphatic heterocycles. The maximum absolute atomic E-state index is 8.11. The van der Waals surface area contributed by atoms with Crippen molar-refractivity contribution in [1.82, 2.24) is 19.1 Å². The van der Waals surface area contributed by atoms with Crippen molar-refractivity contribution in [2.75, 3.05) is 0 Å². The van der Waals surface area contributed by atoms with Gasteiger partial charge in [-0.3, -0.25) is 14.5 Å². The van der Waals surface area contributed by atoms with Crippen LogP contribution in [-0.4, -0.2) is 19.1 Å². The number of hydrogen-bond acceptors (Lipinski definition) is 2. The summed E-state index contributed by atoms with van der Waals surface area (Å²) in [6, 6.07) is 3.36. The van der Waals surface area contributed by atoms with Gasteiger partial charge < -0.3 is 0 Å². The molecule has 0 radical (unpaired) electrons. The van der Waals surface area contributed by atoms with Crippen LogP contribution in [0.3, 0.4) is 0 Å². The molecule has 0 spiro atoms. The summed E-state index contributed by atoms with van der Waals surface area (Å²) in [4.78, 5) is 8.26. The van der Waals surface area contributed by atoms with Crippen LogP contribution in [0.15, 0.2) is 36.9 Å². The number of pyridine rings is 2. The summed E-state index contributed by atoms with van der Waals surface area (Å²) in [5, 5.41) is 0.605. The predicted octanol–water partition coefficient (Wildman–Crippen LogP) is 1.78. The summed E-state index contributed by atoms with van der Waals surface area (Å²) in [7, 11) is 0. The number of aromatic nitrogens is 5. The summed E-state index contributed by atoms with van der Waals surface area (Å²) in [6.45, 7) is -4.68. The molecule has 0 saturated carbocycles. The Bertz CT molecular complexity index is 1230. The molecule has 5 heterocycles. The number of imidazole rings is 1. The zero-order valence-corrected chi connectivity index (χ0v) is 10.9. The van der Waals surface area contributed by atoms with E-state index in [1.807, 2.05) is 4.57 Å². The third-order valence-electron chi connectivity index (χ3n) is 4.14. The Labute approximate surface area is 129 Å². The van der Waals surface area contributed by atoms with Gasteiger partial charge in [0.2, 0.25) is 5.82 Å². The minimum atomic E-state index is -2.56. The van der Waals surface area contributed by atoms with E-state index < -0.39 is 14.0 Å². The van der Waals surface area contributed by atoms with Crippen molar-refractivity contribution in [3.05, 3.63) is 42.5 Å². The molecule has 0 N–H and O–H groups in total. The molecule has 0 aromatic carbocycles. The molecule has 0 saturated heterocycles. The van der Waals surface area contributed by atoms with Crippen LogP contribution in [0.25, 0.3) is 33.5 Å². The zero-order valence-electron chi connectivity index (χ0n) is 16.9. The lowest BCUT2D eigenvalue weighted by molar-refractivity contribution is -0.636. The lowest BCUT2D eigenvalue weighted by atomic mass is 10.2. The lowest BCUT2D eigenvalue weighted by Crippen LogP contribution is -2.31. The molecule has 4 aromatic heterocycles. The van der Waals surface area contributed by atoms with E-state index in [0.29, 0.717) is 28.8 Å². The van der Waals surface area contributed by atoms with E-state index in [9.17, 15) is 0 Å². The molecule has 102 valence electrons. The largest absolute Gasteiger partial charge is 0.269 e. The minimum Gasteiger partial charge on any atom is -0.264 e. The first kappa shape index (κ1) is 6.85. The standard InChI is InChI=1S/C16H14N5/c1-19-13-4-6-18-8-12(13)14-16(19)20(2)15-11-3-5-17-7-10(11)9-21(14)15/h3-8H,9H2,1-2H3/q+1/i1D3,2D3. The molecule has 0 aliphatic carbocycles. The molecule has 5 nitrogen and oxygen atoms in total. The summed E-state index contributed by atoms with van der Waals surface area (Å²) in [5.74, 6) is 0.459. The smallest absolute Gasteiger partial charge is 0.264 e. The van der Waals surface area contributed by atoms with Crippen LogP contribution in [0.5, 0.6) is 0 Å². The summed E-state index contributed by atoms with van der Waals surface area (Å²) in [6.07, 6.45) is 6.40. The number of fused-ring (bicyclic) bond motifs is 7. The third kappa shape index (κ3) is 1.15. The normalized spacial score (nSPS) is 18.5. The maximum Gasteiger partial charge on any atom is 0.269 e. The van der Waals surface area contributed by atoms with Gasteiger partial charge in [0.15, 0.2) is 5.52 Å². The Morgan fingerprint density at radius 1 is 1.24 bits per heavy atom. The fourth-order valence-corrected chi connectivity index (χ4v) is 3.27. The predicted molar refractivity (Wildman–Crippen MR) is 79.7 cm³/mol. The second kappa shape index (κ2) is 3.49. The van der Waals surface area contributed by atoms with Gasteiger partial charge in [0.1, 0.15) is 5.52 Å². The van der Waals surface area contributed by atoms with Gasteiger partial charge in [-0.2, -0.15) is 0 Å². The molecule has 0 fully saturated rings. The van der Waals surface area contributed by atoms with E-state index in [1.54, 1.807) is 30.7 Å². The molecule has 0 amide bonds. The first-order valence-corrected chi connectivity index (χ1v) is 6.56. The van der Waals surface area contributed by atoms with Crippen LogP contribution in [-0.2, 0) is 20.5 Å². The maximum atomic E-state index is 8.11. The minimum absolute atomic E-state index is 0.149. The molecular weight excluding hydrogens is 262 g/mol. The van der Waals surface area contributed by atoms with Crippen LogP contribution >= 0.6 is 0 Å². The highest BCUT2D eigenvalue weighted by atomic mass is 15.2. The molecule has 21 heavy (non-hydrogen) atoms. The van der Waals surface area contributed by atoms with Crippen molar-refractivity contribution in [3.8, 4) is 11.4 Å². The molecule has 5 heteroatoms. The van der Waals surface area contributed by atoms with Gasteiger partial charge in [0.25, 0.3) is 5.65 Å². The van der Waals surface area contributed by atoms with Crippen molar-refractivity contribution in [3.63, 3.8) is 0 Å². The van der Waals surface area contributed by atoms with Crippen molar-refractivity contribution in [1.29, 1.82) is 0 Å². The van der Waals surface area contributed by atoms with E-state index in [2.05, 4.69) is 9.97 Å². The average Bonchev–Trinajstić information content (AvgIpc) is 3.18. The van der Waals surface area contributed by atoms with Gasteiger partial charge in [0, 0.05) is 30.4 Å². The molecule has 0 bridgehead atoms. The summed E-state index contributed by atoms with van der Waals surface area (Å²) in [5.41, 5.74) is 2.77. The molecule has 0 atom stereocenters. The van der Waals surface area contributed by atoms with Crippen LogP contribution < -0.4 is 4.57 Å². The van der Waals surface area contributed by atoms with Gasteiger partial charge >= 0.3 is 0 Å². The summed E-state index contributed by atoms with van der Waals surface area (Å²) < 4.78 is 52.5. The Hall–Kier alpha value is -2.69. The van der Waals surface area contributed by atoms with Crippen LogP contribution in [0, 0.1) is 0 Å². The molecular formula is C16H14N5+.